The maximum atomic E-state index is 5.20. The molecule has 0 fully saturated rings. The van der Waals surface area contributed by atoms with Crippen molar-refractivity contribution in [3.05, 3.63) is 0 Å². The molecule has 1 radical (unpaired) electrons. The molecule has 10 heavy (non-hydrogen) atoms. The first-order valence-electron chi connectivity index (χ1n) is 3.56. The molecule has 0 amide bonds. The Morgan fingerprint density at radius 2 is 1.90 bits per heavy atom. The van der Waals surface area contributed by atoms with Crippen molar-refractivity contribution < 1.29 is 9.47 Å². The van der Waals surface area contributed by atoms with Crippen molar-refractivity contribution in [2.75, 3.05) is 32.7 Å². The lowest BCUT2D eigenvalue weighted by Gasteiger charge is -2.00. The molecule has 0 atom stereocenters. The molecule has 0 spiro atoms. The van der Waals surface area contributed by atoms with Crippen molar-refractivity contribution in [2.45, 2.75) is 12.8 Å². The molecule has 0 aromatic rings. The predicted octanol–water partition coefficient (Wildman–Crippen LogP) is 1.63. The highest BCUT2D eigenvalue weighted by molar-refractivity contribution is 7.80. The molecule has 61 valence electrons. The minimum atomic E-state index is 0.688. The van der Waals surface area contributed by atoms with E-state index in [-0.39, 0.29) is 0 Å². The van der Waals surface area contributed by atoms with Gasteiger partial charge in [-0.15, -0.1) is 0 Å². The molecular weight excluding hydrogens is 148 g/mol. The average molecular weight is 163 g/mol. The molecule has 0 saturated heterocycles. The Labute approximate surface area is 68.3 Å². The van der Waals surface area contributed by atoms with Gasteiger partial charge in [0.2, 0.25) is 0 Å². The zero-order chi connectivity index (χ0) is 7.66. The van der Waals surface area contributed by atoms with Crippen LogP contribution in [0.2, 0.25) is 0 Å². The third-order valence-corrected chi connectivity index (χ3v) is 1.40. The van der Waals surface area contributed by atoms with Crippen LogP contribution in [0.4, 0.5) is 0 Å². The normalized spacial score (nSPS) is 10.2. The van der Waals surface area contributed by atoms with Gasteiger partial charge in [0.25, 0.3) is 0 Å². The Morgan fingerprint density at radius 1 is 1.10 bits per heavy atom. The fourth-order valence-corrected chi connectivity index (χ4v) is 0.755. The molecule has 0 saturated carbocycles. The summed E-state index contributed by atoms with van der Waals surface area (Å²) < 4.78 is 10.0. The molecule has 0 aliphatic rings. The van der Waals surface area contributed by atoms with Crippen molar-refractivity contribution in [2.24, 2.45) is 0 Å². The first-order valence-corrected chi connectivity index (χ1v) is 4.14. The van der Waals surface area contributed by atoms with Gasteiger partial charge in [-0.3, -0.25) is 0 Å². The van der Waals surface area contributed by atoms with Gasteiger partial charge in [0, 0.05) is 19.5 Å². The zero-order valence-corrected chi connectivity index (χ0v) is 7.28. The first-order chi connectivity index (χ1) is 4.91. The van der Waals surface area contributed by atoms with Crippen LogP contribution in [0.1, 0.15) is 12.8 Å². The first kappa shape index (κ1) is 10.3. The summed E-state index contributed by atoms with van der Waals surface area (Å²) in [6.45, 7) is 2.21. The molecule has 3 heteroatoms. The highest BCUT2D eigenvalue weighted by atomic mass is 32.1. The SMILES string of the molecule is COCCOCCCC[S]. The number of hydrogen-bond donors (Lipinski definition) is 0. The van der Waals surface area contributed by atoms with E-state index < -0.39 is 0 Å². The van der Waals surface area contributed by atoms with Crippen molar-refractivity contribution in [1.29, 1.82) is 0 Å². The average Bonchev–Trinajstić information content (AvgIpc) is 1.97. The molecular formula is C7H15O2S. The summed E-state index contributed by atoms with van der Waals surface area (Å²) in [7, 11) is 1.67. The Bertz CT molecular complexity index is 51.6. The van der Waals surface area contributed by atoms with Crippen LogP contribution >= 0.6 is 12.6 Å². The topological polar surface area (TPSA) is 18.5 Å². The van der Waals surface area contributed by atoms with Gasteiger partial charge in [0.1, 0.15) is 0 Å². The second-order valence-electron chi connectivity index (χ2n) is 2.02. The van der Waals surface area contributed by atoms with Gasteiger partial charge in [0.05, 0.1) is 13.2 Å². The number of ether oxygens (including phenoxy) is 2. The van der Waals surface area contributed by atoms with Crippen LogP contribution in [0.25, 0.3) is 0 Å². The lowest BCUT2D eigenvalue weighted by Crippen LogP contribution is -2.02. The van der Waals surface area contributed by atoms with Gasteiger partial charge >= 0.3 is 0 Å². The Hall–Kier alpha value is 0.270. The Balaban J connectivity index is 2.65. The number of hydrogen-bond acceptors (Lipinski definition) is 2. The van der Waals surface area contributed by atoms with Crippen LogP contribution < -0.4 is 0 Å². The molecule has 0 aromatic heterocycles. The van der Waals surface area contributed by atoms with Crippen molar-refractivity contribution >= 4 is 12.6 Å². The molecule has 2 nitrogen and oxygen atoms in total. The van der Waals surface area contributed by atoms with E-state index in [2.05, 4.69) is 0 Å². The summed E-state index contributed by atoms with van der Waals surface area (Å²) in [5.41, 5.74) is 0. The molecule has 0 bridgehead atoms. The maximum absolute atomic E-state index is 5.20. The fourth-order valence-electron chi connectivity index (χ4n) is 0.551. The molecule has 0 aliphatic carbocycles. The van der Waals surface area contributed by atoms with Crippen LogP contribution in [0.15, 0.2) is 0 Å². The lowest BCUT2D eigenvalue weighted by molar-refractivity contribution is 0.0693. The molecule has 0 unspecified atom stereocenters. The fraction of sp³-hybridized carbons (Fsp3) is 1.00. The van der Waals surface area contributed by atoms with E-state index in [4.69, 9.17) is 22.1 Å². The Morgan fingerprint density at radius 3 is 2.50 bits per heavy atom. The van der Waals surface area contributed by atoms with Gasteiger partial charge in [-0.05, 0) is 12.8 Å². The summed E-state index contributed by atoms with van der Waals surface area (Å²) >= 11 is 4.77. The van der Waals surface area contributed by atoms with Crippen LogP contribution in [-0.2, 0) is 9.47 Å². The predicted molar refractivity (Wildman–Crippen MR) is 44.4 cm³/mol. The van der Waals surface area contributed by atoms with E-state index in [0.717, 1.165) is 25.2 Å². The Kier molecular flexibility index (Phi) is 9.52. The number of rotatable bonds is 7. The highest BCUT2D eigenvalue weighted by Gasteiger charge is 1.87. The van der Waals surface area contributed by atoms with Crippen molar-refractivity contribution in [1.82, 2.24) is 0 Å². The molecule has 0 aromatic carbocycles. The minimum Gasteiger partial charge on any atom is -0.382 e. The second kappa shape index (κ2) is 9.27. The highest BCUT2D eigenvalue weighted by Crippen LogP contribution is 1.91. The van der Waals surface area contributed by atoms with Crippen molar-refractivity contribution in [3.63, 3.8) is 0 Å². The van der Waals surface area contributed by atoms with Gasteiger partial charge in [-0.2, -0.15) is 0 Å². The summed E-state index contributed by atoms with van der Waals surface area (Å²) in [5.74, 6) is 0.841. The monoisotopic (exact) mass is 163 g/mol. The van der Waals surface area contributed by atoms with Crippen LogP contribution in [-0.4, -0.2) is 32.7 Å². The van der Waals surface area contributed by atoms with Gasteiger partial charge in [-0.25, -0.2) is 0 Å². The molecule has 0 N–H and O–H groups in total. The summed E-state index contributed by atoms with van der Waals surface area (Å²) in [4.78, 5) is 0. The lowest BCUT2D eigenvalue weighted by atomic mass is 10.4. The molecule has 0 aliphatic heterocycles. The number of unbranched alkanes of at least 4 members (excludes halogenated alkanes) is 1. The van der Waals surface area contributed by atoms with E-state index in [1.807, 2.05) is 0 Å². The smallest absolute Gasteiger partial charge is 0.0700 e. The minimum absolute atomic E-state index is 0.688. The quantitative estimate of drug-likeness (QED) is 0.531. The maximum Gasteiger partial charge on any atom is 0.0700 e. The van der Waals surface area contributed by atoms with Crippen LogP contribution in [0.3, 0.4) is 0 Å². The van der Waals surface area contributed by atoms with Gasteiger partial charge in [-0.1, -0.05) is 12.6 Å². The van der Waals surface area contributed by atoms with Crippen LogP contribution in [0, 0.1) is 0 Å². The van der Waals surface area contributed by atoms with E-state index in [1.165, 1.54) is 0 Å². The van der Waals surface area contributed by atoms with E-state index in [0.29, 0.717) is 13.2 Å². The van der Waals surface area contributed by atoms with Gasteiger partial charge in [0.15, 0.2) is 0 Å². The molecule has 0 rings (SSSR count). The van der Waals surface area contributed by atoms with Gasteiger partial charge < -0.3 is 9.47 Å². The summed E-state index contributed by atoms with van der Waals surface area (Å²) in [5, 5.41) is 0. The third kappa shape index (κ3) is 8.27. The second-order valence-corrected chi connectivity index (χ2v) is 2.42. The zero-order valence-electron chi connectivity index (χ0n) is 6.47. The largest absolute Gasteiger partial charge is 0.382 e. The van der Waals surface area contributed by atoms with E-state index in [1.54, 1.807) is 7.11 Å². The molecule has 0 heterocycles. The summed E-state index contributed by atoms with van der Waals surface area (Å²) in [6, 6.07) is 0. The van der Waals surface area contributed by atoms with E-state index >= 15 is 0 Å². The summed E-state index contributed by atoms with van der Waals surface area (Å²) in [6.07, 6.45) is 2.16. The standard InChI is InChI=1S/C7H15O2S/c1-8-5-6-9-4-2-3-7-10/h2-7H2,1H3. The van der Waals surface area contributed by atoms with E-state index in [9.17, 15) is 0 Å². The number of methoxy groups -OCH3 is 1. The van der Waals surface area contributed by atoms with Crippen LogP contribution in [0.5, 0.6) is 0 Å². The van der Waals surface area contributed by atoms with Crippen molar-refractivity contribution in [3.8, 4) is 0 Å². The third-order valence-electron chi connectivity index (χ3n) is 1.11.